The van der Waals surface area contributed by atoms with Crippen LogP contribution < -0.4 is 0 Å². The van der Waals surface area contributed by atoms with Gasteiger partial charge in [0.05, 0.1) is 36.1 Å². The van der Waals surface area contributed by atoms with Crippen LogP contribution in [0.4, 0.5) is 0 Å². The monoisotopic (exact) mass is 696 g/mol. The van der Waals surface area contributed by atoms with Crippen molar-refractivity contribution < 1.29 is 63.9 Å². The van der Waals surface area contributed by atoms with Crippen molar-refractivity contribution in [3.63, 3.8) is 0 Å². The fraction of sp³-hybridized carbons (Fsp3) is 0.917. The lowest BCUT2D eigenvalue weighted by Gasteiger charge is -2.66. The molecule has 0 bridgehead atoms. The van der Waals surface area contributed by atoms with E-state index in [-0.39, 0.29) is 40.7 Å². The minimum Gasteiger partial charge on any atom is -0.458 e. The molecule has 0 amide bonds. The second-order valence-electron chi connectivity index (χ2n) is 16.6. The van der Waals surface area contributed by atoms with E-state index >= 15 is 0 Å². The third kappa shape index (κ3) is 5.65. The molecule has 278 valence electrons. The molecular weight excluding hydrogens is 640 g/mol. The van der Waals surface area contributed by atoms with Gasteiger partial charge in [-0.05, 0) is 87.0 Å². The van der Waals surface area contributed by atoms with E-state index in [1.807, 2.05) is 0 Å². The Balaban J connectivity index is 0.994. The molecule has 3 heterocycles. The lowest BCUT2D eigenvalue weighted by atomic mass is 9.42. The molecule has 4 saturated carbocycles. The highest BCUT2D eigenvalue weighted by atomic mass is 16.7. The normalized spacial score (nSPS) is 54.4. The number of fused-ring (bicyclic) bond motifs is 5. The molecule has 13 nitrogen and oxygen atoms in total. The Morgan fingerprint density at radius 3 is 2.33 bits per heavy atom. The minimum absolute atomic E-state index is 0.0724. The number of methoxy groups -OCH3 is 1. The van der Waals surface area contributed by atoms with Crippen molar-refractivity contribution in [1.82, 2.24) is 0 Å². The van der Waals surface area contributed by atoms with Gasteiger partial charge in [0.1, 0.15) is 37.1 Å². The Morgan fingerprint density at radius 2 is 1.63 bits per heavy atom. The number of cyclic esters (lactones) is 1. The van der Waals surface area contributed by atoms with Crippen LogP contribution in [0.15, 0.2) is 11.6 Å². The molecule has 13 heteroatoms. The van der Waals surface area contributed by atoms with Crippen molar-refractivity contribution in [3.05, 3.63) is 11.6 Å². The second-order valence-corrected chi connectivity index (χ2v) is 16.6. The highest BCUT2D eigenvalue weighted by Crippen LogP contribution is 2.70. The van der Waals surface area contributed by atoms with Crippen molar-refractivity contribution in [1.29, 1.82) is 0 Å². The van der Waals surface area contributed by atoms with Gasteiger partial charge in [-0.25, -0.2) is 4.79 Å². The maximum Gasteiger partial charge on any atom is 0.331 e. The molecule has 0 aromatic rings. The van der Waals surface area contributed by atoms with E-state index in [1.165, 1.54) is 0 Å². The molecule has 0 spiro atoms. The van der Waals surface area contributed by atoms with E-state index in [4.69, 9.17) is 28.4 Å². The van der Waals surface area contributed by atoms with Crippen LogP contribution in [0.3, 0.4) is 0 Å². The molecule has 49 heavy (non-hydrogen) atoms. The predicted octanol–water partition coefficient (Wildman–Crippen LogP) is 1.08. The van der Waals surface area contributed by atoms with Gasteiger partial charge in [0, 0.05) is 31.4 Å². The van der Waals surface area contributed by atoms with Crippen molar-refractivity contribution in [3.8, 4) is 0 Å². The number of hydrogen-bond acceptors (Lipinski definition) is 13. The quantitative estimate of drug-likeness (QED) is 0.164. The van der Waals surface area contributed by atoms with Crippen LogP contribution >= 0.6 is 0 Å². The van der Waals surface area contributed by atoms with Gasteiger partial charge in [-0.1, -0.05) is 13.8 Å². The van der Waals surface area contributed by atoms with Gasteiger partial charge >= 0.3 is 5.97 Å². The second kappa shape index (κ2) is 13.0. The van der Waals surface area contributed by atoms with Gasteiger partial charge in [0.25, 0.3) is 0 Å². The van der Waals surface area contributed by atoms with E-state index in [0.29, 0.717) is 32.3 Å². The Kier molecular flexibility index (Phi) is 9.60. The van der Waals surface area contributed by atoms with Crippen molar-refractivity contribution in [2.45, 2.75) is 158 Å². The summed E-state index contributed by atoms with van der Waals surface area (Å²) in [6.07, 6.45) is -1.10. The average Bonchev–Trinajstić information content (AvgIpc) is 3.61. The summed E-state index contributed by atoms with van der Waals surface area (Å²) in [7, 11) is 1.55. The Bertz CT molecular complexity index is 1280. The first-order chi connectivity index (χ1) is 23.2. The fourth-order valence-electron chi connectivity index (χ4n) is 11.5. The van der Waals surface area contributed by atoms with Crippen molar-refractivity contribution >= 4 is 5.97 Å². The maximum absolute atomic E-state index is 12.5. The third-order valence-corrected chi connectivity index (χ3v) is 14.5. The van der Waals surface area contributed by atoms with Gasteiger partial charge in [0.15, 0.2) is 12.6 Å². The van der Waals surface area contributed by atoms with Gasteiger partial charge in [-0.15, -0.1) is 0 Å². The van der Waals surface area contributed by atoms with E-state index in [9.17, 15) is 35.4 Å². The van der Waals surface area contributed by atoms with Crippen LogP contribution in [0.25, 0.3) is 0 Å². The summed E-state index contributed by atoms with van der Waals surface area (Å²) in [5.41, 5.74) is -1.52. The van der Waals surface area contributed by atoms with E-state index < -0.39 is 73.1 Å². The number of esters is 1. The molecule has 6 N–H and O–H groups in total. The average molecular weight is 697 g/mol. The summed E-state index contributed by atoms with van der Waals surface area (Å²) in [6.45, 7) is 5.98. The van der Waals surface area contributed by atoms with E-state index in [1.54, 1.807) is 20.1 Å². The molecule has 17 atom stereocenters. The van der Waals surface area contributed by atoms with Crippen molar-refractivity contribution in [2.24, 2.45) is 28.6 Å². The number of aliphatic hydroxyl groups is 6. The largest absolute Gasteiger partial charge is 0.458 e. The Morgan fingerprint density at radius 1 is 0.898 bits per heavy atom. The van der Waals surface area contributed by atoms with Gasteiger partial charge in [0.2, 0.25) is 0 Å². The lowest BCUT2D eigenvalue weighted by molar-refractivity contribution is -0.347. The van der Waals surface area contributed by atoms with Crippen LogP contribution in [0.1, 0.15) is 85.0 Å². The Labute approximate surface area is 287 Å². The van der Waals surface area contributed by atoms with Gasteiger partial charge in [-0.2, -0.15) is 0 Å². The smallest absolute Gasteiger partial charge is 0.331 e. The zero-order chi connectivity index (χ0) is 35.1. The Hall–Kier alpha value is -1.23. The molecule has 7 aliphatic rings. The van der Waals surface area contributed by atoms with Crippen LogP contribution in [0.5, 0.6) is 0 Å². The summed E-state index contributed by atoms with van der Waals surface area (Å²) < 4.78 is 35.4. The molecule has 8 unspecified atom stereocenters. The zero-order valence-electron chi connectivity index (χ0n) is 29.1. The number of carbonyl (C=O) groups is 1. The standard InChI is InChI=1S/C36H56O13/c1-18-31(49-32-30(41)29(40)28(39)25(16-37)48-32)24(44-4)14-27(46-18)47-20-5-9-33(2)22-6-10-34(3)21(19-13-26(38)45-17-19)8-12-36(34,43)23(22)7-11-35(33,42)15-20/h13,18,20-25,27-32,37,39-43H,5-12,14-17H2,1-4H3/t18-,20?,21?,22?,23?,24+,25-,27+,28-,29+,30-,31?,32?,33-,34-,35?,36?/m1/s1. The molecule has 0 radical (unpaired) electrons. The zero-order valence-corrected chi connectivity index (χ0v) is 29.1. The summed E-state index contributed by atoms with van der Waals surface area (Å²) in [5, 5.41) is 65.4. The van der Waals surface area contributed by atoms with Crippen LogP contribution in [0, 0.1) is 28.6 Å². The van der Waals surface area contributed by atoms with E-state index in [2.05, 4.69) is 13.8 Å². The number of carbonyl (C=O) groups excluding carboxylic acids is 1. The first-order valence-corrected chi connectivity index (χ1v) is 18.3. The lowest BCUT2D eigenvalue weighted by Crippen LogP contribution is -2.67. The predicted molar refractivity (Wildman–Crippen MR) is 170 cm³/mol. The molecule has 0 aromatic heterocycles. The topological polar surface area (TPSA) is 194 Å². The first kappa shape index (κ1) is 36.1. The summed E-state index contributed by atoms with van der Waals surface area (Å²) in [4.78, 5) is 11.9. The highest BCUT2D eigenvalue weighted by Gasteiger charge is 2.70. The van der Waals surface area contributed by atoms with Crippen molar-refractivity contribution in [2.75, 3.05) is 20.3 Å². The number of hydrogen-bond donors (Lipinski definition) is 6. The van der Waals surface area contributed by atoms with E-state index in [0.717, 1.165) is 44.1 Å². The summed E-state index contributed by atoms with van der Waals surface area (Å²) in [6, 6.07) is 0. The molecule has 3 aliphatic heterocycles. The van der Waals surface area contributed by atoms with Gasteiger partial charge < -0.3 is 59.1 Å². The number of aliphatic hydroxyl groups excluding tert-OH is 4. The first-order valence-electron chi connectivity index (χ1n) is 18.3. The molecule has 4 aliphatic carbocycles. The van der Waals surface area contributed by atoms with Crippen LogP contribution in [-0.4, -0.2) is 130 Å². The summed E-state index contributed by atoms with van der Waals surface area (Å²) in [5.74, 6) is 0.0783. The van der Waals surface area contributed by atoms with Gasteiger partial charge in [-0.3, -0.25) is 0 Å². The fourth-order valence-corrected chi connectivity index (χ4v) is 11.5. The number of rotatable bonds is 7. The minimum atomic E-state index is -1.56. The molecule has 0 aromatic carbocycles. The molecule has 6 fully saturated rings. The highest BCUT2D eigenvalue weighted by molar-refractivity contribution is 5.85. The maximum atomic E-state index is 12.5. The summed E-state index contributed by atoms with van der Waals surface area (Å²) >= 11 is 0. The molecule has 2 saturated heterocycles. The SMILES string of the molecule is CO[C@H]1C[C@H](OC2CC[C@]3(C)C4CC[C@]5(C)C(C6=CC(=O)OC6)CCC5(O)C4CCC3(O)C2)O[C@H](C)C1OC1O[C@H](CO)[C@@H](O)[C@H](O)[C@H]1O. The third-order valence-electron chi connectivity index (χ3n) is 14.5. The van der Waals surface area contributed by atoms with Crippen LogP contribution in [-0.2, 0) is 33.2 Å². The molecule has 7 rings (SSSR count). The number of ether oxygens (including phenoxy) is 6. The van der Waals surface area contributed by atoms with Crippen LogP contribution in [0.2, 0.25) is 0 Å². The molecular formula is C36H56O13.